The van der Waals surface area contributed by atoms with Crippen LogP contribution in [0.25, 0.3) is 0 Å². The zero-order valence-electron chi connectivity index (χ0n) is 11.3. The van der Waals surface area contributed by atoms with E-state index < -0.39 is 7.14 Å². The molecule has 0 fully saturated rings. The number of hydrogen-bond acceptors (Lipinski definition) is 2. The Labute approximate surface area is 124 Å². The smallest absolute Gasteiger partial charge is 0.156 e. The molecule has 0 aliphatic carbocycles. The van der Waals surface area contributed by atoms with E-state index in [1.54, 1.807) is 11.8 Å². The molecule has 0 saturated heterocycles. The van der Waals surface area contributed by atoms with Crippen LogP contribution in [0.2, 0.25) is 0 Å². The van der Waals surface area contributed by atoms with Crippen LogP contribution in [0.3, 0.4) is 0 Å². The molecule has 0 saturated carbocycles. The van der Waals surface area contributed by atoms with Crippen LogP contribution in [0.5, 0.6) is 0 Å². The molecule has 2 aromatic carbocycles. The molecule has 3 rings (SSSR count). The van der Waals surface area contributed by atoms with Gasteiger partial charge in [-0.2, -0.15) is 0 Å². The predicted molar refractivity (Wildman–Crippen MR) is 89.2 cm³/mol. The minimum Gasteiger partial charge on any atom is -0.312 e. The Morgan fingerprint density at radius 1 is 0.900 bits per heavy atom. The van der Waals surface area contributed by atoms with E-state index in [0.29, 0.717) is 0 Å². The Hall–Kier alpha value is -1.24. The Morgan fingerprint density at radius 2 is 1.40 bits per heavy atom. The summed E-state index contributed by atoms with van der Waals surface area (Å²) in [6.07, 6.45) is 4.16. The second kappa shape index (κ2) is 5.63. The van der Waals surface area contributed by atoms with Gasteiger partial charge in [0.25, 0.3) is 0 Å². The van der Waals surface area contributed by atoms with E-state index in [0.717, 1.165) is 10.6 Å². The first kappa shape index (κ1) is 13.7. The minimum atomic E-state index is -2.65. The number of allylic oxidation sites excluding steroid dienone is 2. The molecule has 1 heterocycles. The van der Waals surface area contributed by atoms with Gasteiger partial charge >= 0.3 is 0 Å². The Morgan fingerprint density at radius 3 is 1.80 bits per heavy atom. The maximum atomic E-state index is 13.9. The molecule has 1 unspecified atom stereocenters. The van der Waals surface area contributed by atoms with E-state index in [4.69, 9.17) is 0 Å². The standard InChI is InChI=1S/C17H16OPS/c1-14-12-13-17(20-14)19(18,15-8-4-2-5-9-15)16-10-6-3-7-11-16/h2-13,17H,1H3. The van der Waals surface area contributed by atoms with Crippen molar-refractivity contribution in [3.05, 3.63) is 78.1 Å². The van der Waals surface area contributed by atoms with Crippen LogP contribution in [0, 0.1) is 6.42 Å². The molecule has 1 nitrogen and oxygen atoms in total. The highest BCUT2D eigenvalue weighted by Gasteiger charge is 2.38. The lowest BCUT2D eigenvalue weighted by Gasteiger charge is -2.25. The zero-order valence-corrected chi connectivity index (χ0v) is 13.0. The van der Waals surface area contributed by atoms with Gasteiger partial charge in [0.1, 0.15) is 0 Å². The molecule has 3 heteroatoms. The molecule has 2 aromatic rings. The van der Waals surface area contributed by atoms with Gasteiger partial charge in [0.05, 0.1) is 4.99 Å². The van der Waals surface area contributed by atoms with Crippen molar-refractivity contribution in [3.63, 3.8) is 0 Å². The summed E-state index contributed by atoms with van der Waals surface area (Å²) >= 11 is 1.70. The summed E-state index contributed by atoms with van der Waals surface area (Å²) in [6, 6.07) is 19.7. The molecule has 0 bridgehead atoms. The van der Waals surface area contributed by atoms with Crippen LogP contribution >= 0.6 is 18.9 Å². The summed E-state index contributed by atoms with van der Waals surface area (Å²) in [5.74, 6) is 0. The van der Waals surface area contributed by atoms with Gasteiger partial charge in [0.15, 0.2) is 7.14 Å². The number of rotatable bonds is 3. The molecule has 1 radical (unpaired) electrons. The van der Waals surface area contributed by atoms with E-state index in [2.05, 4.69) is 19.4 Å². The normalized spacial score (nSPS) is 18.9. The van der Waals surface area contributed by atoms with Crippen molar-refractivity contribution in [1.29, 1.82) is 0 Å². The SMILES string of the molecule is CC1=C[CH]C(P(=O)(c2ccccc2)c2ccccc2)S1. The Balaban J connectivity index is 2.12. The largest absolute Gasteiger partial charge is 0.312 e. The molecule has 0 N–H and O–H groups in total. The third-order valence-corrected chi connectivity index (χ3v) is 8.57. The van der Waals surface area contributed by atoms with Crippen molar-refractivity contribution >= 4 is 29.5 Å². The minimum absolute atomic E-state index is 0.00676. The van der Waals surface area contributed by atoms with Crippen LogP contribution in [0.1, 0.15) is 6.92 Å². The topological polar surface area (TPSA) is 17.1 Å². The molecule has 101 valence electrons. The van der Waals surface area contributed by atoms with Gasteiger partial charge in [0, 0.05) is 17.0 Å². The van der Waals surface area contributed by atoms with Crippen molar-refractivity contribution in [2.75, 3.05) is 0 Å². The van der Waals surface area contributed by atoms with Crippen molar-refractivity contribution in [1.82, 2.24) is 0 Å². The third kappa shape index (κ3) is 2.39. The molecule has 20 heavy (non-hydrogen) atoms. The fraction of sp³-hybridized carbons (Fsp3) is 0.118. The molecule has 1 aliphatic heterocycles. The third-order valence-electron chi connectivity index (χ3n) is 3.44. The molecule has 1 aliphatic rings. The monoisotopic (exact) mass is 299 g/mol. The molecule has 0 aromatic heterocycles. The molecule has 0 spiro atoms. The summed E-state index contributed by atoms with van der Waals surface area (Å²) in [5, 5.41) is 1.87. The van der Waals surface area contributed by atoms with Crippen LogP contribution in [-0.4, -0.2) is 4.99 Å². The lowest BCUT2D eigenvalue weighted by molar-refractivity contribution is 0.587. The van der Waals surface area contributed by atoms with Gasteiger partial charge in [-0.15, -0.1) is 11.8 Å². The molecular weight excluding hydrogens is 283 g/mol. The van der Waals surface area contributed by atoms with E-state index in [1.165, 1.54) is 4.91 Å². The maximum absolute atomic E-state index is 13.9. The van der Waals surface area contributed by atoms with E-state index in [-0.39, 0.29) is 4.99 Å². The van der Waals surface area contributed by atoms with Gasteiger partial charge in [-0.3, -0.25) is 0 Å². The first-order valence-corrected chi connectivity index (χ1v) is 9.26. The van der Waals surface area contributed by atoms with Gasteiger partial charge in [0.2, 0.25) is 0 Å². The summed E-state index contributed by atoms with van der Waals surface area (Å²) in [6.45, 7) is 2.07. The summed E-state index contributed by atoms with van der Waals surface area (Å²) in [7, 11) is -2.65. The zero-order chi connectivity index (χ0) is 14.0. The summed E-state index contributed by atoms with van der Waals surface area (Å²) in [5.41, 5.74) is 0. The van der Waals surface area contributed by atoms with E-state index in [1.807, 2.05) is 60.7 Å². The lowest BCUT2D eigenvalue weighted by atomic mass is 10.4. The fourth-order valence-electron chi connectivity index (χ4n) is 2.42. The molecule has 0 amide bonds. The first-order chi connectivity index (χ1) is 9.71. The van der Waals surface area contributed by atoms with E-state index >= 15 is 0 Å². The van der Waals surface area contributed by atoms with Crippen molar-refractivity contribution in [3.8, 4) is 0 Å². The first-order valence-electron chi connectivity index (χ1n) is 6.60. The molecule has 1 atom stereocenters. The summed E-state index contributed by atoms with van der Waals surface area (Å²) < 4.78 is 13.9. The number of hydrogen-bond donors (Lipinski definition) is 0. The summed E-state index contributed by atoms with van der Waals surface area (Å²) in [4.78, 5) is 1.23. The second-order valence-electron chi connectivity index (χ2n) is 4.81. The second-order valence-corrected chi connectivity index (χ2v) is 9.45. The number of benzene rings is 2. The van der Waals surface area contributed by atoms with Crippen LogP contribution < -0.4 is 10.6 Å². The quantitative estimate of drug-likeness (QED) is 0.791. The average molecular weight is 299 g/mol. The highest BCUT2D eigenvalue weighted by atomic mass is 32.2. The van der Waals surface area contributed by atoms with Gasteiger partial charge in [-0.1, -0.05) is 66.7 Å². The molecular formula is C17H16OPS. The van der Waals surface area contributed by atoms with Gasteiger partial charge in [-0.25, -0.2) is 0 Å². The van der Waals surface area contributed by atoms with Crippen LogP contribution in [0.15, 0.2) is 71.6 Å². The van der Waals surface area contributed by atoms with Crippen LogP contribution in [0.4, 0.5) is 0 Å². The highest BCUT2D eigenvalue weighted by molar-refractivity contribution is 8.12. The average Bonchev–Trinajstić information content (AvgIpc) is 2.95. The van der Waals surface area contributed by atoms with Gasteiger partial charge in [-0.05, 0) is 11.8 Å². The predicted octanol–water partition coefficient (Wildman–Crippen LogP) is 4.18. The van der Waals surface area contributed by atoms with Crippen molar-refractivity contribution in [2.45, 2.75) is 11.9 Å². The van der Waals surface area contributed by atoms with Gasteiger partial charge < -0.3 is 4.57 Å². The fourth-order valence-corrected chi connectivity index (χ4v) is 7.39. The van der Waals surface area contributed by atoms with Crippen LogP contribution in [-0.2, 0) is 4.57 Å². The highest BCUT2D eigenvalue weighted by Crippen LogP contribution is 2.58. The maximum Gasteiger partial charge on any atom is 0.156 e. The van der Waals surface area contributed by atoms with Crippen molar-refractivity contribution in [2.24, 2.45) is 0 Å². The van der Waals surface area contributed by atoms with E-state index in [9.17, 15) is 4.57 Å². The lowest BCUT2D eigenvalue weighted by Crippen LogP contribution is -2.23. The Bertz CT molecular complexity index is 620. The number of thioether (sulfide) groups is 1. The van der Waals surface area contributed by atoms with Crippen molar-refractivity contribution < 1.29 is 4.57 Å². The Kier molecular flexibility index (Phi) is 3.87.